The largest absolute Gasteiger partial charge is 0.478 e. The van der Waals surface area contributed by atoms with Gasteiger partial charge in [0.25, 0.3) is 5.91 Å². The zero-order valence-electron chi connectivity index (χ0n) is 13.1. The minimum atomic E-state index is -1.11. The van der Waals surface area contributed by atoms with Crippen molar-refractivity contribution in [3.63, 3.8) is 0 Å². The zero-order chi connectivity index (χ0) is 17.4. The number of carbonyl (C=O) groups excluding carboxylic acids is 1. The summed E-state index contributed by atoms with van der Waals surface area (Å²) in [6, 6.07) is 3.26. The Balaban J connectivity index is 1.46. The van der Waals surface area contributed by atoms with Gasteiger partial charge in [-0.25, -0.2) is 14.8 Å². The van der Waals surface area contributed by atoms with Crippen molar-refractivity contribution in [3.05, 3.63) is 41.4 Å². The summed E-state index contributed by atoms with van der Waals surface area (Å²) in [7, 11) is 0. The quantitative estimate of drug-likeness (QED) is 0.764. The normalized spacial score (nSPS) is 14.9. The summed E-state index contributed by atoms with van der Waals surface area (Å²) in [5.74, 6) is -0.482. The highest BCUT2D eigenvalue weighted by molar-refractivity contribution is 7.16. The fourth-order valence-corrected chi connectivity index (χ4v) is 3.59. The number of carboxylic acid groups (broad SMARTS) is 1. The second kappa shape index (κ2) is 6.17. The van der Waals surface area contributed by atoms with Crippen LogP contribution in [0.4, 0.5) is 5.82 Å². The molecule has 25 heavy (non-hydrogen) atoms. The van der Waals surface area contributed by atoms with Gasteiger partial charge in [-0.05, 0) is 11.4 Å². The molecule has 0 unspecified atom stereocenters. The SMILES string of the molecule is O=C(O)c1coc(C(=O)N2CCN(c3ncnc4sccc34)CC2)c1. The van der Waals surface area contributed by atoms with Crippen molar-refractivity contribution in [2.24, 2.45) is 0 Å². The zero-order valence-corrected chi connectivity index (χ0v) is 13.9. The molecule has 0 bridgehead atoms. The van der Waals surface area contributed by atoms with Crippen molar-refractivity contribution in [1.29, 1.82) is 0 Å². The molecule has 0 spiro atoms. The lowest BCUT2D eigenvalue weighted by Gasteiger charge is -2.35. The molecule has 1 saturated heterocycles. The Morgan fingerprint density at radius 3 is 2.72 bits per heavy atom. The summed E-state index contributed by atoms with van der Waals surface area (Å²) in [6.45, 7) is 2.30. The van der Waals surface area contributed by atoms with E-state index in [2.05, 4.69) is 14.9 Å². The topological polar surface area (TPSA) is 99.8 Å². The van der Waals surface area contributed by atoms with Crippen LogP contribution in [-0.2, 0) is 0 Å². The predicted molar refractivity (Wildman–Crippen MR) is 91.2 cm³/mol. The molecule has 9 heteroatoms. The van der Waals surface area contributed by atoms with E-state index < -0.39 is 5.97 Å². The van der Waals surface area contributed by atoms with Crippen LogP contribution in [0.25, 0.3) is 10.2 Å². The van der Waals surface area contributed by atoms with E-state index in [0.717, 1.165) is 22.3 Å². The summed E-state index contributed by atoms with van der Waals surface area (Å²) in [6.07, 6.45) is 2.64. The number of furan rings is 1. The van der Waals surface area contributed by atoms with Gasteiger partial charge in [-0.1, -0.05) is 0 Å². The standard InChI is InChI=1S/C16H14N4O4S/c21-15(12-7-10(8-24-12)16(22)23)20-4-2-19(3-5-20)13-11-1-6-25-14(11)18-9-17-13/h1,6-9H,2-5H2,(H,22,23). The molecular formula is C16H14N4O4S. The molecule has 1 aliphatic heterocycles. The van der Waals surface area contributed by atoms with Gasteiger partial charge < -0.3 is 19.3 Å². The van der Waals surface area contributed by atoms with Crippen LogP contribution in [0.5, 0.6) is 0 Å². The van der Waals surface area contributed by atoms with Crippen molar-refractivity contribution >= 4 is 39.2 Å². The van der Waals surface area contributed by atoms with Crippen LogP contribution in [0.1, 0.15) is 20.9 Å². The molecule has 0 radical (unpaired) electrons. The maximum absolute atomic E-state index is 12.4. The van der Waals surface area contributed by atoms with Crippen LogP contribution in [0.2, 0.25) is 0 Å². The molecule has 4 rings (SSSR count). The third-order valence-electron chi connectivity index (χ3n) is 4.16. The molecule has 3 aromatic heterocycles. The van der Waals surface area contributed by atoms with Gasteiger partial charge in [0, 0.05) is 32.2 Å². The van der Waals surface area contributed by atoms with Gasteiger partial charge in [0.1, 0.15) is 23.2 Å². The second-order valence-corrected chi connectivity index (χ2v) is 6.52. The summed E-state index contributed by atoms with van der Waals surface area (Å²) >= 11 is 1.57. The highest BCUT2D eigenvalue weighted by atomic mass is 32.1. The highest BCUT2D eigenvalue weighted by Crippen LogP contribution is 2.27. The molecule has 8 nitrogen and oxygen atoms in total. The lowest BCUT2D eigenvalue weighted by Crippen LogP contribution is -2.49. The van der Waals surface area contributed by atoms with E-state index in [1.54, 1.807) is 22.6 Å². The number of amides is 1. The van der Waals surface area contributed by atoms with Gasteiger partial charge in [0.05, 0.1) is 10.9 Å². The number of carboxylic acids is 1. The van der Waals surface area contributed by atoms with Crippen molar-refractivity contribution in [2.45, 2.75) is 0 Å². The molecule has 128 valence electrons. The lowest BCUT2D eigenvalue weighted by atomic mass is 10.2. The van der Waals surface area contributed by atoms with Crippen LogP contribution >= 0.6 is 11.3 Å². The van der Waals surface area contributed by atoms with E-state index in [1.807, 2.05) is 11.4 Å². The third kappa shape index (κ3) is 2.82. The number of fused-ring (bicyclic) bond motifs is 1. The Hall–Kier alpha value is -2.94. The molecule has 1 aliphatic rings. The Morgan fingerprint density at radius 2 is 2.00 bits per heavy atom. The summed E-state index contributed by atoms with van der Waals surface area (Å²) in [4.78, 5) is 36.7. The number of aromatic carboxylic acids is 1. The molecular weight excluding hydrogens is 344 g/mol. The molecule has 0 aliphatic carbocycles. The molecule has 4 heterocycles. The minimum absolute atomic E-state index is 0.0252. The third-order valence-corrected chi connectivity index (χ3v) is 4.99. The van der Waals surface area contributed by atoms with Gasteiger partial charge >= 0.3 is 5.97 Å². The van der Waals surface area contributed by atoms with Gasteiger partial charge in [-0.15, -0.1) is 11.3 Å². The van der Waals surface area contributed by atoms with Crippen LogP contribution in [0.15, 0.2) is 34.5 Å². The van der Waals surface area contributed by atoms with Gasteiger partial charge in [0.15, 0.2) is 5.76 Å². The van der Waals surface area contributed by atoms with E-state index in [-0.39, 0.29) is 17.2 Å². The first-order valence-corrected chi connectivity index (χ1v) is 8.55. The first-order valence-electron chi connectivity index (χ1n) is 7.68. The van der Waals surface area contributed by atoms with E-state index in [1.165, 1.54) is 6.07 Å². The second-order valence-electron chi connectivity index (χ2n) is 5.62. The van der Waals surface area contributed by atoms with Gasteiger partial charge in [-0.3, -0.25) is 4.79 Å². The molecule has 1 N–H and O–H groups in total. The summed E-state index contributed by atoms with van der Waals surface area (Å²) in [5, 5.41) is 11.9. The number of hydrogen-bond acceptors (Lipinski definition) is 7. The minimum Gasteiger partial charge on any atom is -0.478 e. The van der Waals surface area contributed by atoms with Crippen LogP contribution in [0.3, 0.4) is 0 Å². The fourth-order valence-electron chi connectivity index (χ4n) is 2.87. The highest BCUT2D eigenvalue weighted by Gasteiger charge is 2.26. The molecule has 0 aromatic carbocycles. The van der Waals surface area contributed by atoms with E-state index >= 15 is 0 Å². The van der Waals surface area contributed by atoms with Crippen LogP contribution in [-0.4, -0.2) is 58.0 Å². The number of nitrogens with zero attached hydrogens (tertiary/aromatic N) is 4. The Kier molecular flexibility index (Phi) is 3.85. The molecule has 0 atom stereocenters. The summed E-state index contributed by atoms with van der Waals surface area (Å²) in [5.41, 5.74) is -0.0252. The van der Waals surface area contributed by atoms with E-state index in [9.17, 15) is 9.59 Å². The fraction of sp³-hybridized carbons (Fsp3) is 0.250. The van der Waals surface area contributed by atoms with Crippen molar-refractivity contribution in [1.82, 2.24) is 14.9 Å². The van der Waals surface area contributed by atoms with Gasteiger partial charge in [-0.2, -0.15) is 0 Å². The maximum Gasteiger partial charge on any atom is 0.338 e. The van der Waals surface area contributed by atoms with Crippen molar-refractivity contribution < 1.29 is 19.1 Å². The van der Waals surface area contributed by atoms with Crippen LogP contribution < -0.4 is 4.90 Å². The van der Waals surface area contributed by atoms with E-state index in [4.69, 9.17) is 9.52 Å². The number of anilines is 1. The number of hydrogen-bond donors (Lipinski definition) is 1. The molecule has 1 amide bonds. The smallest absolute Gasteiger partial charge is 0.338 e. The Bertz CT molecular complexity index is 942. The molecule has 1 fully saturated rings. The number of carbonyl (C=O) groups is 2. The van der Waals surface area contributed by atoms with Crippen molar-refractivity contribution in [2.75, 3.05) is 31.1 Å². The van der Waals surface area contributed by atoms with E-state index in [0.29, 0.717) is 26.2 Å². The van der Waals surface area contributed by atoms with Crippen LogP contribution in [0, 0.1) is 0 Å². The Morgan fingerprint density at radius 1 is 1.20 bits per heavy atom. The number of aromatic nitrogens is 2. The predicted octanol–water partition coefficient (Wildman–Crippen LogP) is 1.94. The summed E-state index contributed by atoms with van der Waals surface area (Å²) < 4.78 is 5.09. The monoisotopic (exact) mass is 358 g/mol. The average molecular weight is 358 g/mol. The number of thiophene rings is 1. The Labute approximate surface area is 146 Å². The number of piperazine rings is 1. The van der Waals surface area contributed by atoms with Gasteiger partial charge in [0.2, 0.25) is 0 Å². The average Bonchev–Trinajstić information content (AvgIpc) is 3.30. The van der Waals surface area contributed by atoms with Crippen molar-refractivity contribution in [3.8, 4) is 0 Å². The maximum atomic E-state index is 12.4. The number of rotatable bonds is 3. The molecule has 0 saturated carbocycles. The first kappa shape index (κ1) is 15.6. The first-order chi connectivity index (χ1) is 12.1. The lowest BCUT2D eigenvalue weighted by molar-refractivity contribution is 0.0692. The molecule has 3 aromatic rings.